The van der Waals surface area contributed by atoms with Crippen LogP contribution in [-0.2, 0) is 4.79 Å². The number of ether oxygens (including phenoxy) is 1. The maximum atomic E-state index is 12.2. The first-order valence-electron chi connectivity index (χ1n) is 7.23. The molecule has 7 heteroatoms. The fourth-order valence-corrected chi connectivity index (χ4v) is 3.58. The molecule has 1 aromatic heterocycles. The Labute approximate surface area is 137 Å². The van der Waals surface area contributed by atoms with E-state index in [4.69, 9.17) is 4.74 Å². The zero-order chi connectivity index (χ0) is 16.4. The Hall–Kier alpha value is -2.28. The predicted molar refractivity (Wildman–Crippen MR) is 89.2 cm³/mol. The number of thioether (sulfide) groups is 1. The van der Waals surface area contributed by atoms with Crippen LogP contribution in [0.1, 0.15) is 18.0 Å². The molecule has 6 nitrogen and oxygen atoms in total. The van der Waals surface area contributed by atoms with E-state index in [1.165, 1.54) is 11.8 Å². The molecule has 0 saturated carbocycles. The SMILES string of the molecule is COc1ccc(NC(=O)C[C@@H]2CSc3ncc(C)c(=O)n32)cc1. The van der Waals surface area contributed by atoms with E-state index in [9.17, 15) is 9.59 Å². The molecule has 1 amide bonds. The average molecular weight is 331 g/mol. The van der Waals surface area contributed by atoms with E-state index in [2.05, 4.69) is 10.3 Å². The second-order valence-corrected chi connectivity index (χ2v) is 6.33. The molecular weight excluding hydrogens is 314 g/mol. The molecule has 0 spiro atoms. The van der Waals surface area contributed by atoms with Gasteiger partial charge in [0.15, 0.2) is 5.16 Å². The lowest BCUT2D eigenvalue weighted by Crippen LogP contribution is -2.28. The highest BCUT2D eigenvalue weighted by atomic mass is 32.2. The monoisotopic (exact) mass is 331 g/mol. The molecule has 0 fully saturated rings. The van der Waals surface area contributed by atoms with Gasteiger partial charge in [0.25, 0.3) is 5.56 Å². The van der Waals surface area contributed by atoms with E-state index in [0.29, 0.717) is 22.2 Å². The van der Waals surface area contributed by atoms with Crippen molar-refractivity contribution in [1.29, 1.82) is 0 Å². The van der Waals surface area contributed by atoms with Crippen LogP contribution in [0.5, 0.6) is 5.75 Å². The molecule has 0 bridgehead atoms. The van der Waals surface area contributed by atoms with Crippen LogP contribution in [0.2, 0.25) is 0 Å². The smallest absolute Gasteiger partial charge is 0.257 e. The summed E-state index contributed by atoms with van der Waals surface area (Å²) in [5.74, 6) is 1.29. The van der Waals surface area contributed by atoms with Gasteiger partial charge in [0.2, 0.25) is 5.91 Å². The van der Waals surface area contributed by atoms with Crippen molar-refractivity contribution in [3.05, 3.63) is 46.4 Å². The topological polar surface area (TPSA) is 73.2 Å². The summed E-state index contributed by atoms with van der Waals surface area (Å²) in [5, 5.41) is 3.53. The number of anilines is 1. The maximum absolute atomic E-state index is 12.2. The number of carbonyl (C=O) groups is 1. The third-order valence-electron chi connectivity index (χ3n) is 3.70. The van der Waals surface area contributed by atoms with Crippen LogP contribution < -0.4 is 15.6 Å². The number of hydrogen-bond donors (Lipinski definition) is 1. The van der Waals surface area contributed by atoms with E-state index in [1.807, 2.05) is 0 Å². The standard InChI is InChI=1S/C16H17N3O3S/c1-10-8-17-16-19(15(10)21)12(9-23-16)7-14(20)18-11-3-5-13(22-2)6-4-11/h3-6,8,12H,7,9H2,1-2H3,(H,18,20)/t12-/m1/s1. The molecular formula is C16H17N3O3S. The summed E-state index contributed by atoms with van der Waals surface area (Å²) in [5.41, 5.74) is 1.23. The largest absolute Gasteiger partial charge is 0.497 e. The summed E-state index contributed by atoms with van der Waals surface area (Å²) in [6.07, 6.45) is 1.83. The predicted octanol–water partition coefficient (Wildman–Crippen LogP) is 2.24. The third-order valence-corrected chi connectivity index (χ3v) is 4.81. The number of rotatable bonds is 4. The number of fused-ring (bicyclic) bond motifs is 1. The van der Waals surface area contributed by atoms with E-state index < -0.39 is 0 Å². The van der Waals surface area contributed by atoms with Gasteiger partial charge in [0.1, 0.15) is 5.75 Å². The number of amides is 1. The molecule has 1 aromatic carbocycles. The Kier molecular flexibility index (Phi) is 4.38. The fraction of sp³-hybridized carbons (Fsp3) is 0.312. The van der Waals surface area contributed by atoms with Gasteiger partial charge in [-0.05, 0) is 31.2 Å². The minimum Gasteiger partial charge on any atom is -0.497 e. The van der Waals surface area contributed by atoms with Gasteiger partial charge in [-0.25, -0.2) is 4.98 Å². The summed E-state index contributed by atoms with van der Waals surface area (Å²) in [7, 11) is 1.59. The molecule has 2 aromatic rings. The first-order valence-corrected chi connectivity index (χ1v) is 8.22. The summed E-state index contributed by atoms with van der Waals surface area (Å²) in [6, 6.07) is 6.98. The van der Waals surface area contributed by atoms with Crippen LogP contribution in [-0.4, -0.2) is 28.3 Å². The minimum atomic E-state index is -0.159. The molecule has 0 unspecified atom stereocenters. The molecule has 0 radical (unpaired) electrons. The average Bonchev–Trinajstić information content (AvgIpc) is 2.95. The summed E-state index contributed by atoms with van der Waals surface area (Å²) in [4.78, 5) is 28.7. The van der Waals surface area contributed by atoms with E-state index in [1.54, 1.807) is 49.1 Å². The highest BCUT2D eigenvalue weighted by Crippen LogP contribution is 2.32. The number of hydrogen-bond acceptors (Lipinski definition) is 5. The number of nitrogens with one attached hydrogen (secondary N) is 1. The van der Waals surface area contributed by atoms with Crippen molar-refractivity contribution in [2.45, 2.75) is 24.5 Å². The van der Waals surface area contributed by atoms with Crippen molar-refractivity contribution >= 4 is 23.4 Å². The van der Waals surface area contributed by atoms with Crippen LogP contribution in [0, 0.1) is 6.92 Å². The third kappa shape index (κ3) is 3.24. The number of aromatic nitrogens is 2. The Morgan fingerprint density at radius 2 is 2.17 bits per heavy atom. The van der Waals surface area contributed by atoms with Gasteiger partial charge < -0.3 is 10.1 Å². The maximum Gasteiger partial charge on any atom is 0.257 e. The zero-order valence-electron chi connectivity index (χ0n) is 12.9. The number of benzene rings is 1. The lowest BCUT2D eigenvalue weighted by Gasteiger charge is -2.13. The summed E-state index contributed by atoms with van der Waals surface area (Å²) < 4.78 is 6.72. The zero-order valence-corrected chi connectivity index (χ0v) is 13.7. The molecule has 1 N–H and O–H groups in total. The molecule has 1 atom stereocenters. The van der Waals surface area contributed by atoms with Gasteiger partial charge in [-0.1, -0.05) is 11.8 Å². The Morgan fingerprint density at radius 1 is 1.43 bits per heavy atom. The van der Waals surface area contributed by atoms with E-state index >= 15 is 0 Å². The van der Waals surface area contributed by atoms with Crippen molar-refractivity contribution in [2.75, 3.05) is 18.2 Å². The molecule has 0 aliphatic carbocycles. The summed E-state index contributed by atoms with van der Waals surface area (Å²) in [6.45, 7) is 1.74. The lowest BCUT2D eigenvalue weighted by molar-refractivity contribution is -0.116. The van der Waals surface area contributed by atoms with Crippen LogP contribution in [0.4, 0.5) is 5.69 Å². The van der Waals surface area contributed by atoms with Gasteiger partial charge in [0.05, 0.1) is 13.2 Å². The number of carbonyl (C=O) groups excluding carboxylic acids is 1. The molecule has 0 saturated heterocycles. The van der Waals surface area contributed by atoms with E-state index in [-0.39, 0.29) is 23.9 Å². The van der Waals surface area contributed by atoms with Crippen molar-refractivity contribution in [3.63, 3.8) is 0 Å². The van der Waals surface area contributed by atoms with Crippen molar-refractivity contribution in [2.24, 2.45) is 0 Å². The summed E-state index contributed by atoms with van der Waals surface area (Å²) >= 11 is 1.51. The molecule has 23 heavy (non-hydrogen) atoms. The highest BCUT2D eigenvalue weighted by Gasteiger charge is 2.27. The molecule has 3 rings (SSSR count). The molecule has 120 valence electrons. The van der Waals surface area contributed by atoms with Gasteiger partial charge in [-0.2, -0.15) is 0 Å². The Balaban J connectivity index is 1.70. The molecule has 2 heterocycles. The van der Waals surface area contributed by atoms with Gasteiger partial charge in [-0.3, -0.25) is 14.2 Å². The van der Waals surface area contributed by atoms with E-state index in [0.717, 1.165) is 5.75 Å². The van der Waals surface area contributed by atoms with Crippen molar-refractivity contribution in [3.8, 4) is 5.75 Å². The number of nitrogens with zero attached hydrogens (tertiary/aromatic N) is 2. The second kappa shape index (κ2) is 6.45. The van der Waals surface area contributed by atoms with Crippen molar-refractivity contribution < 1.29 is 9.53 Å². The second-order valence-electron chi connectivity index (χ2n) is 5.34. The normalized spacial score (nSPS) is 16.0. The lowest BCUT2D eigenvalue weighted by atomic mass is 10.2. The van der Waals surface area contributed by atoms with Gasteiger partial charge >= 0.3 is 0 Å². The van der Waals surface area contributed by atoms with Gasteiger partial charge in [-0.15, -0.1) is 0 Å². The first kappa shape index (κ1) is 15.6. The van der Waals surface area contributed by atoms with Crippen molar-refractivity contribution in [1.82, 2.24) is 9.55 Å². The van der Waals surface area contributed by atoms with Crippen LogP contribution in [0.3, 0.4) is 0 Å². The Morgan fingerprint density at radius 3 is 2.87 bits per heavy atom. The molecule has 1 aliphatic heterocycles. The molecule has 1 aliphatic rings. The minimum absolute atomic E-state index is 0.0674. The van der Waals surface area contributed by atoms with Crippen LogP contribution in [0.25, 0.3) is 0 Å². The Bertz CT molecular complexity index is 786. The fourth-order valence-electron chi connectivity index (χ4n) is 2.47. The number of methoxy groups -OCH3 is 1. The van der Waals surface area contributed by atoms with Crippen LogP contribution in [0.15, 0.2) is 40.4 Å². The van der Waals surface area contributed by atoms with Gasteiger partial charge in [0, 0.05) is 29.6 Å². The number of aryl methyl sites for hydroxylation is 1. The quantitative estimate of drug-likeness (QED) is 0.870. The van der Waals surface area contributed by atoms with Crippen LogP contribution >= 0.6 is 11.8 Å². The first-order chi connectivity index (χ1) is 11.1. The highest BCUT2D eigenvalue weighted by molar-refractivity contribution is 7.99.